The van der Waals surface area contributed by atoms with Gasteiger partial charge in [-0.05, 0) is 20.8 Å². The van der Waals surface area contributed by atoms with Gasteiger partial charge < -0.3 is 10.1 Å². The minimum atomic E-state index is 0.225. The second-order valence-electron chi connectivity index (χ2n) is 3.07. The van der Waals surface area contributed by atoms with Gasteiger partial charge in [-0.15, -0.1) is 6.42 Å². The van der Waals surface area contributed by atoms with Crippen molar-refractivity contribution in [2.75, 3.05) is 18.5 Å². The number of nitrogens with zero attached hydrogens (tertiary/aromatic N) is 2. The van der Waals surface area contributed by atoms with Gasteiger partial charge in [-0.2, -0.15) is 4.98 Å². The smallest absolute Gasteiger partial charge is 0.222 e. The molecule has 0 unspecified atom stereocenters. The first kappa shape index (κ1) is 11.3. The zero-order valence-electron chi connectivity index (χ0n) is 9.29. The number of anilines is 1. The first-order valence-corrected chi connectivity index (χ1v) is 4.84. The fourth-order valence-electron chi connectivity index (χ4n) is 1.19. The molecule has 0 spiro atoms. The molecule has 1 aromatic rings. The van der Waals surface area contributed by atoms with Crippen LogP contribution in [0.1, 0.15) is 18.3 Å². The van der Waals surface area contributed by atoms with Crippen molar-refractivity contribution in [2.45, 2.75) is 20.8 Å². The molecule has 0 atom stereocenters. The Morgan fingerprint density at radius 1 is 1.40 bits per heavy atom. The quantitative estimate of drug-likeness (QED) is 0.757. The molecule has 0 aromatic carbocycles. The Balaban J connectivity index is 3.00. The third-order valence-electron chi connectivity index (χ3n) is 1.85. The Morgan fingerprint density at radius 2 is 2.13 bits per heavy atom. The molecular formula is C11H15N3O. The van der Waals surface area contributed by atoms with Crippen molar-refractivity contribution in [1.82, 2.24) is 9.97 Å². The largest absolute Gasteiger partial charge is 0.464 e. The van der Waals surface area contributed by atoms with Gasteiger partial charge in [0.2, 0.25) is 5.88 Å². The highest BCUT2D eigenvalue weighted by molar-refractivity contribution is 5.48. The van der Waals surface area contributed by atoms with E-state index in [1.807, 2.05) is 20.8 Å². The zero-order valence-corrected chi connectivity index (χ0v) is 9.29. The van der Waals surface area contributed by atoms with Crippen LogP contribution in [0.4, 0.5) is 5.82 Å². The molecule has 0 aliphatic rings. The van der Waals surface area contributed by atoms with Crippen LogP contribution in [0.3, 0.4) is 0 Å². The molecule has 15 heavy (non-hydrogen) atoms. The number of ether oxygens (including phenoxy) is 1. The molecule has 0 saturated carbocycles. The average molecular weight is 205 g/mol. The molecule has 1 rings (SSSR count). The minimum Gasteiger partial charge on any atom is -0.464 e. The Bertz CT molecular complexity index is 382. The number of hydrogen-bond donors (Lipinski definition) is 1. The minimum absolute atomic E-state index is 0.225. The molecule has 1 N–H and O–H groups in total. The van der Waals surface area contributed by atoms with Gasteiger partial charge in [0, 0.05) is 6.54 Å². The van der Waals surface area contributed by atoms with Crippen LogP contribution in [0, 0.1) is 26.2 Å². The van der Waals surface area contributed by atoms with Crippen LogP contribution in [0.15, 0.2) is 0 Å². The number of aryl methyl sites for hydroxylation is 1. The van der Waals surface area contributed by atoms with E-state index in [0.29, 0.717) is 11.7 Å². The van der Waals surface area contributed by atoms with Gasteiger partial charge in [0.15, 0.2) is 6.61 Å². The summed E-state index contributed by atoms with van der Waals surface area (Å²) in [5.41, 5.74) is 0.887. The first-order chi connectivity index (χ1) is 7.19. The maximum absolute atomic E-state index is 5.33. The molecule has 0 aliphatic heterocycles. The summed E-state index contributed by atoms with van der Waals surface area (Å²) in [5.74, 6) is 4.44. The number of aromatic nitrogens is 2. The molecule has 0 radical (unpaired) electrons. The maximum atomic E-state index is 5.33. The maximum Gasteiger partial charge on any atom is 0.222 e. The molecule has 0 saturated heterocycles. The van der Waals surface area contributed by atoms with Gasteiger partial charge in [0.05, 0.1) is 5.56 Å². The summed E-state index contributed by atoms with van der Waals surface area (Å²) in [5, 5.41) is 3.15. The van der Waals surface area contributed by atoms with E-state index in [2.05, 4.69) is 21.2 Å². The summed E-state index contributed by atoms with van der Waals surface area (Å²) in [6.45, 7) is 6.78. The molecule has 1 aromatic heterocycles. The zero-order chi connectivity index (χ0) is 11.3. The van der Waals surface area contributed by atoms with Crippen LogP contribution < -0.4 is 10.1 Å². The molecule has 0 bridgehead atoms. The highest BCUT2D eigenvalue weighted by Gasteiger charge is 2.08. The van der Waals surface area contributed by atoms with Crippen LogP contribution in [0.2, 0.25) is 0 Å². The highest BCUT2D eigenvalue weighted by atomic mass is 16.5. The number of nitrogens with one attached hydrogen (secondary N) is 1. The fraction of sp³-hybridized carbons (Fsp3) is 0.455. The summed E-state index contributed by atoms with van der Waals surface area (Å²) in [7, 11) is 0. The van der Waals surface area contributed by atoms with E-state index in [0.717, 1.165) is 17.9 Å². The lowest BCUT2D eigenvalue weighted by Gasteiger charge is -2.11. The molecular weight excluding hydrogens is 190 g/mol. The van der Waals surface area contributed by atoms with E-state index in [1.165, 1.54) is 0 Å². The number of terminal acetylenes is 1. The first-order valence-electron chi connectivity index (χ1n) is 4.84. The predicted octanol–water partition coefficient (Wildman–Crippen LogP) is 1.54. The lowest BCUT2D eigenvalue weighted by molar-refractivity contribution is 0.351. The van der Waals surface area contributed by atoms with Crippen LogP contribution in [-0.2, 0) is 0 Å². The van der Waals surface area contributed by atoms with E-state index in [1.54, 1.807) is 0 Å². The van der Waals surface area contributed by atoms with E-state index in [-0.39, 0.29) is 6.61 Å². The summed E-state index contributed by atoms with van der Waals surface area (Å²) in [4.78, 5) is 8.46. The van der Waals surface area contributed by atoms with Gasteiger partial charge in [-0.1, -0.05) is 5.92 Å². The van der Waals surface area contributed by atoms with Crippen molar-refractivity contribution in [3.63, 3.8) is 0 Å². The number of rotatable bonds is 4. The third-order valence-corrected chi connectivity index (χ3v) is 1.85. The van der Waals surface area contributed by atoms with Crippen LogP contribution in [0.25, 0.3) is 0 Å². The Kier molecular flexibility index (Phi) is 3.92. The van der Waals surface area contributed by atoms with Crippen molar-refractivity contribution in [1.29, 1.82) is 0 Å². The summed E-state index contributed by atoms with van der Waals surface area (Å²) in [6, 6.07) is 0. The molecule has 1 heterocycles. The van der Waals surface area contributed by atoms with E-state index >= 15 is 0 Å². The van der Waals surface area contributed by atoms with Crippen molar-refractivity contribution in [3.05, 3.63) is 11.4 Å². The van der Waals surface area contributed by atoms with Crippen LogP contribution >= 0.6 is 0 Å². The summed E-state index contributed by atoms with van der Waals surface area (Å²) < 4.78 is 5.33. The standard InChI is InChI=1S/C11H15N3O/c1-5-7-15-11-8(3)10(12-6-2)13-9(4)14-11/h1H,6-7H2,2-4H3,(H,12,13,14). The van der Waals surface area contributed by atoms with Crippen molar-refractivity contribution < 1.29 is 4.74 Å². The van der Waals surface area contributed by atoms with Crippen LogP contribution in [-0.4, -0.2) is 23.1 Å². The molecule has 80 valence electrons. The van der Waals surface area contributed by atoms with Crippen molar-refractivity contribution in [3.8, 4) is 18.2 Å². The molecule has 4 heteroatoms. The van der Waals surface area contributed by atoms with Gasteiger partial charge in [0.1, 0.15) is 11.6 Å². The second kappa shape index (κ2) is 5.20. The summed E-state index contributed by atoms with van der Waals surface area (Å²) in [6.07, 6.45) is 5.13. The fourth-order valence-corrected chi connectivity index (χ4v) is 1.19. The van der Waals surface area contributed by atoms with E-state index in [4.69, 9.17) is 11.2 Å². The predicted molar refractivity (Wildman–Crippen MR) is 60.0 cm³/mol. The van der Waals surface area contributed by atoms with Gasteiger partial charge in [-0.25, -0.2) is 4.98 Å². The van der Waals surface area contributed by atoms with Gasteiger partial charge >= 0.3 is 0 Å². The monoisotopic (exact) mass is 205 g/mol. The van der Waals surface area contributed by atoms with Gasteiger partial charge in [-0.3, -0.25) is 0 Å². The van der Waals surface area contributed by atoms with Crippen molar-refractivity contribution in [2.24, 2.45) is 0 Å². The van der Waals surface area contributed by atoms with E-state index < -0.39 is 0 Å². The average Bonchev–Trinajstić information content (AvgIpc) is 2.21. The molecule has 0 aliphatic carbocycles. The Morgan fingerprint density at radius 3 is 2.73 bits per heavy atom. The lowest BCUT2D eigenvalue weighted by atomic mass is 10.3. The van der Waals surface area contributed by atoms with E-state index in [9.17, 15) is 0 Å². The summed E-state index contributed by atoms with van der Waals surface area (Å²) >= 11 is 0. The van der Waals surface area contributed by atoms with Gasteiger partial charge in [0.25, 0.3) is 0 Å². The molecule has 0 fully saturated rings. The Labute approximate surface area is 90.1 Å². The highest BCUT2D eigenvalue weighted by Crippen LogP contribution is 2.21. The number of hydrogen-bond acceptors (Lipinski definition) is 4. The third kappa shape index (κ3) is 2.84. The van der Waals surface area contributed by atoms with Crippen molar-refractivity contribution >= 4 is 5.82 Å². The normalized spacial score (nSPS) is 9.47. The Hall–Kier alpha value is -1.76. The molecule has 0 amide bonds. The topological polar surface area (TPSA) is 47.0 Å². The molecule has 4 nitrogen and oxygen atoms in total. The lowest BCUT2D eigenvalue weighted by Crippen LogP contribution is -2.07. The second-order valence-corrected chi connectivity index (χ2v) is 3.07. The SMILES string of the molecule is C#CCOc1nc(C)nc(NCC)c1C. The van der Waals surface area contributed by atoms with Crippen LogP contribution in [0.5, 0.6) is 5.88 Å².